The van der Waals surface area contributed by atoms with Gasteiger partial charge in [0.05, 0.1) is 6.04 Å². The van der Waals surface area contributed by atoms with Crippen molar-refractivity contribution in [2.75, 3.05) is 0 Å². The molecule has 2 heterocycles. The second-order valence-electron chi connectivity index (χ2n) is 6.64. The molecule has 2 atom stereocenters. The van der Waals surface area contributed by atoms with E-state index < -0.39 is 0 Å². The summed E-state index contributed by atoms with van der Waals surface area (Å²) in [5.41, 5.74) is 0. The van der Waals surface area contributed by atoms with Crippen LogP contribution in [0.25, 0.3) is 0 Å². The molecule has 3 nitrogen and oxygen atoms in total. The van der Waals surface area contributed by atoms with Crippen LogP contribution in [0.3, 0.4) is 0 Å². The fourth-order valence-electron chi connectivity index (χ4n) is 3.67. The molecule has 116 valence electrons. The molecule has 1 N–H and O–H groups in total. The molecule has 4 heteroatoms. The van der Waals surface area contributed by atoms with Crippen molar-refractivity contribution in [3.63, 3.8) is 0 Å². The largest absolute Gasteiger partial charge is 0.318 e. The van der Waals surface area contributed by atoms with E-state index in [9.17, 15) is 4.79 Å². The molecule has 0 radical (unpaired) electrons. The first-order valence-corrected chi connectivity index (χ1v) is 9.06. The van der Waals surface area contributed by atoms with Crippen LogP contribution in [0.1, 0.15) is 61.9 Å². The quantitative estimate of drug-likeness (QED) is 0.920. The van der Waals surface area contributed by atoms with Crippen molar-refractivity contribution < 1.29 is 4.79 Å². The van der Waals surface area contributed by atoms with Gasteiger partial charge in [0, 0.05) is 15.8 Å². The van der Waals surface area contributed by atoms with Crippen LogP contribution in [-0.2, 0) is 4.79 Å². The topological polar surface area (TPSA) is 32.3 Å². The predicted octanol–water partition coefficient (Wildman–Crippen LogP) is 3.84. The van der Waals surface area contributed by atoms with Crippen LogP contribution in [0.5, 0.6) is 0 Å². The molecule has 2 unspecified atom stereocenters. The molecule has 0 aromatic carbocycles. The zero-order valence-corrected chi connectivity index (χ0v) is 14.1. The van der Waals surface area contributed by atoms with E-state index in [0.29, 0.717) is 11.9 Å². The van der Waals surface area contributed by atoms with Crippen molar-refractivity contribution in [3.05, 3.63) is 21.9 Å². The Kier molecular flexibility index (Phi) is 4.36. The minimum atomic E-state index is -0.00300. The molecule has 1 aliphatic carbocycles. The van der Waals surface area contributed by atoms with Crippen molar-refractivity contribution in [1.29, 1.82) is 0 Å². The van der Waals surface area contributed by atoms with Gasteiger partial charge in [0.25, 0.3) is 0 Å². The summed E-state index contributed by atoms with van der Waals surface area (Å²) in [6, 6.07) is 4.76. The van der Waals surface area contributed by atoms with Crippen molar-refractivity contribution >= 4 is 17.2 Å². The number of carbonyl (C=O) groups excluding carboxylic acids is 1. The summed E-state index contributed by atoms with van der Waals surface area (Å²) < 4.78 is 0. The third-order valence-corrected chi connectivity index (χ3v) is 6.06. The lowest BCUT2D eigenvalue weighted by Crippen LogP contribution is -2.41. The number of nitrogens with zero attached hydrogens (tertiary/aromatic N) is 1. The predicted molar refractivity (Wildman–Crippen MR) is 87.3 cm³/mol. The van der Waals surface area contributed by atoms with Crippen LogP contribution in [0.15, 0.2) is 12.1 Å². The normalized spacial score (nSPS) is 33.7. The first-order chi connectivity index (χ1) is 10.1. The van der Waals surface area contributed by atoms with Gasteiger partial charge in [-0.05, 0) is 57.1 Å². The number of nitrogens with one attached hydrogen (secondary N) is 1. The Hall–Kier alpha value is -0.870. The number of hydrogen-bond acceptors (Lipinski definition) is 3. The highest BCUT2D eigenvalue weighted by Crippen LogP contribution is 2.37. The Morgan fingerprint density at radius 1 is 1.29 bits per heavy atom. The van der Waals surface area contributed by atoms with Crippen molar-refractivity contribution in [1.82, 2.24) is 10.2 Å². The highest BCUT2D eigenvalue weighted by atomic mass is 32.1. The number of carbonyl (C=O) groups is 1. The van der Waals surface area contributed by atoms with Gasteiger partial charge in [-0.25, -0.2) is 0 Å². The minimum absolute atomic E-state index is 0.00300. The van der Waals surface area contributed by atoms with Crippen molar-refractivity contribution in [2.45, 2.75) is 71.1 Å². The molecule has 21 heavy (non-hydrogen) atoms. The zero-order valence-electron chi connectivity index (χ0n) is 13.3. The molecule has 1 aromatic rings. The fourth-order valence-corrected chi connectivity index (χ4v) is 4.61. The van der Waals surface area contributed by atoms with E-state index in [1.807, 2.05) is 11.3 Å². The van der Waals surface area contributed by atoms with Gasteiger partial charge < -0.3 is 4.90 Å². The SMILES string of the molecule is CCC1NC(c2ccc(C)s2)N(C2CCC(C)CC2)C1=O. The van der Waals surface area contributed by atoms with Crippen LogP contribution < -0.4 is 5.32 Å². The lowest BCUT2D eigenvalue weighted by Gasteiger charge is -2.36. The van der Waals surface area contributed by atoms with Crippen LogP contribution in [0, 0.1) is 12.8 Å². The Morgan fingerprint density at radius 3 is 2.57 bits per heavy atom. The second kappa shape index (κ2) is 6.09. The van der Waals surface area contributed by atoms with Crippen molar-refractivity contribution in [3.8, 4) is 0 Å². The maximum Gasteiger partial charge on any atom is 0.241 e. The van der Waals surface area contributed by atoms with Gasteiger partial charge in [-0.3, -0.25) is 10.1 Å². The van der Waals surface area contributed by atoms with Gasteiger partial charge >= 0.3 is 0 Å². The van der Waals surface area contributed by atoms with Gasteiger partial charge in [-0.15, -0.1) is 11.3 Å². The summed E-state index contributed by atoms with van der Waals surface area (Å²) in [7, 11) is 0. The number of aryl methyl sites for hydroxylation is 1. The molecule has 2 aliphatic rings. The number of rotatable bonds is 3. The number of thiophene rings is 1. The first-order valence-electron chi connectivity index (χ1n) is 8.24. The van der Waals surface area contributed by atoms with Crippen LogP contribution in [0.4, 0.5) is 0 Å². The molecular weight excluding hydrogens is 280 g/mol. The van der Waals surface area contributed by atoms with Crippen LogP contribution in [0.2, 0.25) is 0 Å². The highest BCUT2D eigenvalue weighted by molar-refractivity contribution is 7.12. The van der Waals surface area contributed by atoms with Gasteiger partial charge in [0.2, 0.25) is 5.91 Å². The molecule has 1 aromatic heterocycles. The van der Waals surface area contributed by atoms with Gasteiger partial charge in [0.15, 0.2) is 0 Å². The van der Waals surface area contributed by atoms with Gasteiger partial charge in [-0.1, -0.05) is 13.8 Å². The van der Waals surface area contributed by atoms with Gasteiger partial charge in [0.1, 0.15) is 6.17 Å². The number of amides is 1. The summed E-state index contributed by atoms with van der Waals surface area (Å²) >= 11 is 1.81. The van der Waals surface area contributed by atoms with E-state index in [1.165, 1.54) is 22.6 Å². The smallest absolute Gasteiger partial charge is 0.241 e. The van der Waals surface area contributed by atoms with Crippen LogP contribution in [-0.4, -0.2) is 22.9 Å². The molecular formula is C17H26N2OS. The fraction of sp³-hybridized carbons (Fsp3) is 0.706. The maximum atomic E-state index is 12.8. The Bertz CT molecular complexity index is 505. The maximum absolute atomic E-state index is 12.8. The lowest BCUT2D eigenvalue weighted by molar-refractivity contribution is -0.133. The van der Waals surface area contributed by atoms with E-state index in [4.69, 9.17) is 0 Å². The summed E-state index contributed by atoms with van der Waals surface area (Å²) in [5, 5.41) is 3.57. The average Bonchev–Trinajstić information content (AvgIpc) is 3.03. The van der Waals surface area contributed by atoms with E-state index in [0.717, 1.165) is 25.2 Å². The summed E-state index contributed by atoms with van der Waals surface area (Å²) in [4.78, 5) is 17.6. The Balaban J connectivity index is 1.84. The van der Waals surface area contributed by atoms with E-state index in [-0.39, 0.29) is 12.2 Å². The molecule has 3 rings (SSSR count). The Labute approximate surface area is 131 Å². The van der Waals surface area contributed by atoms with Crippen LogP contribution >= 0.6 is 11.3 Å². The summed E-state index contributed by atoms with van der Waals surface area (Å²) in [5.74, 6) is 1.13. The second-order valence-corrected chi connectivity index (χ2v) is 7.96. The van der Waals surface area contributed by atoms with E-state index >= 15 is 0 Å². The third kappa shape index (κ3) is 2.88. The van der Waals surface area contributed by atoms with Gasteiger partial charge in [-0.2, -0.15) is 0 Å². The molecule has 0 bridgehead atoms. The Morgan fingerprint density at radius 2 is 2.00 bits per heavy atom. The summed E-state index contributed by atoms with van der Waals surface area (Å²) in [6.45, 7) is 6.56. The van der Waals surface area contributed by atoms with E-state index in [2.05, 4.69) is 43.1 Å². The molecule has 0 spiro atoms. The molecule has 2 fully saturated rings. The van der Waals surface area contributed by atoms with Crippen molar-refractivity contribution in [2.24, 2.45) is 5.92 Å². The number of hydrogen-bond donors (Lipinski definition) is 1. The lowest BCUT2D eigenvalue weighted by atomic mass is 9.86. The molecule has 1 saturated carbocycles. The molecule has 1 amide bonds. The minimum Gasteiger partial charge on any atom is -0.318 e. The molecule has 1 aliphatic heterocycles. The first kappa shape index (κ1) is 15.0. The summed E-state index contributed by atoms with van der Waals surface area (Å²) in [6.07, 6.45) is 5.79. The monoisotopic (exact) mass is 306 g/mol. The standard InChI is InChI=1S/C17H26N2OS/c1-4-14-17(20)19(13-8-5-11(2)6-9-13)16(18-14)15-10-7-12(3)21-15/h7,10-11,13-14,16,18H,4-6,8-9H2,1-3H3. The zero-order chi connectivity index (χ0) is 15.0. The average molecular weight is 306 g/mol. The highest BCUT2D eigenvalue weighted by Gasteiger charge is 2.43. The third-order valence-electron chi connectivity index (χ3n) is 5.01. The molecule has 1 saturated heterocycles. The van der Waals surface area contributed by atoms with E-state index in [1.54, 1.807) is 0 Å².